The molecular weight excluding hydrogens is 250 g/mol. The van der Waals surface area contributed by atoms with E-state index in [4.69, 9.17) is 0 Å². The van der Waals surface area contributed by atoms with Crippen LogP contribution in [0.5, 0.6) is 0 Å². The number of urea groups is 1. The Morgan fingerprint density at radius 1 is 1.00 bits per heavy atom. The molecule has 0 aliphatic carbocycles. The topological polar surface area (TPSA) is 56.9 Å². The second-order valence-corrected chi connectivity index (χ2v) is 4.73. The highest BCUT2D eigenvalue weighted by molar-refractivity contribution is 6.01. The van der Waals surface area contributed by atoms with Crippen LogP contribution in [0.4, 0.5) is 16.2 Å². The Kier molecular flexibility index (Phi) is 3.13. The number of hydrogen-bond acceptors (Lipinski definition) is 1. The molecular formula is C16H15N3O. The number of carbonyl (C=O) groups is 1. The first-order valence-corrected chi connectivity index (χ1v) is 6.42. The van der Waals surface area contributed by atoms with Gasteiger partial charge in [-0.3, -0.25) is 0 Å². The van der Waals surface area contributed by atoms with Crippen molar-refractivity contribution in [3.63, 3.8) is 0 Å². The molecule has 0 atom stereocenters. The second kappa shape index (κ2) is 5.09. The quantitative estimate of drug-likeness (QED) is 0.641. The first-order chi connectivity index (χ1) is 9.70. The fraction of sp³-hybridized carbons (Fsp3) is 0.0625. The predicted octanol–water partition coefficient (Wildman–Crippen LogP) is 4.12. The van der Waals surface area contributed by atoms with Crippen LogP contribution in [-0.4, -0.2) is 11.0 Å². The third-order valence-corrected chi connectivity index (χ3v) is 3.09. The second-order valence-electron chi connectivity index (χ2n) is 4.73. The summed E-state index contributed by atoms with van der Waals surface area (Å²) in [5.41, 5.74) is 3.71. The molecule has 20 heavy (non-hydrogen) atoms. The van der Waals surface area contributed by atoms with Crippen LogP contribution in [0, 0.1) is 6.92 Å². The molecule has 0 saturated carbocycles. The Balaban J connectivity index is 1.72. The van der Waals surface area contributed by atoms with Crippen molar-refractivity contribution in [1.82, 2.24) is 4.98 Å². The zero-order valence-electron chi connectivity index (χ0n) is 11.1. The molecule has 1 aromatic heterocycles. The lowest BCUT2D eigenvalue weighted by Crippen LogP contribution is -2.19. The van der Waals surface area contributed by atoms with Gasteiger partial charge in [0.15, 0.2) is 0 Å². The molecule has 0 spiro atoms. The maximum Gasteiger partial charge on any atom is 0.323 e. The van der Waals surface area contributed by atoms with Gasteiger partial charge in [0.25, 0.3) is 0 Å². The van der Waals surface area contributed by atoms with Crippen molar-refractivity contribution in [3.05, 3.63) is 60.3 Å². The summed E-state index contributed by atoms with van der Waals surface area (Å²) in [5.74, 6) is 0. The van der Waals surface area contributed by atoms with E-state index >= 15 is 0 Å². The fourth-order valence-corrected chi connectivity index (χ4v) is 2.15. The normalized spacial score (nSPS) is 10.4. The van der Waals surface area contributed by atoms with Gasteiger partial charge in [-0.25, -0.2) is 4.79 Å². The van der Waals surface area contributed by atoms with Gasteiger partial charge in [0, 0.05) is 28.5 Å². The molecule has 0 fully saturated rings. The summed E-state index contributed by atoms with van der Waals surface area (Å²) < 4.78 is 0. The Labute approximate surface area is 116 Å². The SMILES string of the molecule is Cc1cccc(NC(=O)Nc2ccc3[nH]ccc3c2)c1. The van der Waals surface area contributed by atoms with E-state index in [2.05, 4.69) is 15.6 Å². The number of rotatable bonds is 2. The van der Waals surface area contributed by atoms with Crippen molar-refractivity contribution in [2.45, 2.75) is 6.92 Å². The first-order valence-electron chi connectivity index (χ1n) is 6.42. The van der Waals surface area contributed by atoms with Gasteiger partial charge in [-0.05, 0) is 48.9 Å². The smallest absolute Gasteiger partial charge is 0.323 e. The third kappa shape index (κ3) is 2.64. The van der Waals surface area contributed by atoms with Crippen molar-refractivity contribution in [2.75, 3.05) is 10.6 Å². The Hall–Kier alpha value is -2.75. The van der Waals surface area contributed by atoms with E-state index in [9.17, 15) is 4.79 Å². The van der Waals surface area contributed by atoms with Crippen LogP contribution in [0.3, 0.4) is 0 Å². The van der Waals surface area contributed by atoms with E-state index < -0.39 is 0 Å². The number of aromatic amines is 1. The monoisotopic (exact) mass is 265 g/mol. The number of nitrogens with one attached hydrogen (secondary N) is 3. The van der Waals surface area contributed by atoms with Gasteiger partial charge in [-0.2, -0.15) is 0 Å². The maximum absolute atomic E-state index is 11.9. The van der Waals surface area contributed by atoms with Gasteiger partial charge in [-0.1, -0.05) is 12.1 Å². The third-order valence-electron chi connectivity index (χ3n) is 3.09. The Morgan fingerprint density at radius 3 is 2.60 bits per heavy atom. The Morgan fingerprint density at radius 2 is 1.80 bits per heavy atom. The highest BCUT2D eigenvalue weighted by Gasteiger charge is 2.03. The number of amides is 2. The van der Waals surface area contributed by atoms with Crippen LogP contribution in [0.15, 0.2) is 54.7 Å². The van der Waals surface area contributed by atoms with Crippen LogP contribution >= 0.6 is 0 Å². The van der Waals surface area contributed by atoms with Crippen LogP contribution in [0.2, 0.25) is 0 Å². The molecule has 2 amide bonds. The predicted molar refractivity (Wildman–Crippen MR) is 82.1 cm³/mol. The largest absolute Gasteiger partial charge is 0.361 e. The van der Waals surface area contributed by atoms with Gasteiger partial charge in [0.2, 0.25) is 0 Å². The molecule has 0 aliphatic rings. The Bertz CT molecular complexity index is 761. The zero-order valence-corrected chi connectivity index (χ0v) is 11.1. The van der Waals surface area contributed by atoms with Gasteiger partial charge in [0.1, 0.15) is 0 Å². The number of hydrogen-bond donors (Lipinski definition) is 3. The molecule has 100 valence electrons. The van der Waals surface area contributed by atoms with Crippen molar-refractivity contribution < 1.29 is 4.79 Å². The molecule has 1 heterocycles. The van der Waals surface area contributed by atoms with E-state index in [1.165, 1.54) is 0 Å². The number of benzene rings is 2. The first kappa shape index (κ1) is 12.3. The van der Waals surface area contributed by atoms with Crippen molar-refractivity contribution in [3.8, 4) is 0 Å². The minimum atomic E-state index is -0.245. The molecule has 4 heteroatoms. The summed E-state index contributed by atoms with van der Waals surface area (Å²) in [4.78, 5) is 15.1. The van der Waals surface area contributed by atoms with Gasteiger partial charge < -0.3 is 15.6 Å². The number of aryl methyl sites for hydroxylation is 1. The zero-order chi connectivity index (χ0) is 13.9. The minimum absolute atomic E-state index is 0.245. The van der Waals surface area contributed by atoms with E-state index in [1.807, 2.05) is 61.7 Å². The average Bonchev–Trinajstić information content (AvgIpc) is 2.86. The lowest BCUT2D eigenvalue weighted by Gasteiger charge is -2.08. The molecule has 0 radical (unpaired) electrons. The standard InChI is InChI=1S/C16H15N3O/c1-11-3-2-4-13(9-11)18-16(20)19-14-5-6-15-12(10-14)7-8-17-15/h2-10,17H,1H3,(H2,18,19,20). The summed E-state index contributed by atoms with van der Waals surface area (Å²) in [7, 11) is 0. The molecule has 4 nitrogen and oxygen atoms in total. The molecule has 2 aromatic carbocycles. The van der Waals surface area contributed by atoms with E-state index in [0.29, 0.717) is 0 Å². The van der Waals surface area contributed by atoms with Crippen LogP contribution in [-0.2, 0) is 0 Å². The van der Waals surface area contributed by atoms with Crippen molar-refractivity contribution in [1.29, 1.82) is 0 Å². The summed E-state index contributed by atoms with van der Waals surface area (Å²) in [6, 6.07) is 15.2. The van der Waals surface area contributed by atoms with Gasteiger partial charge in [0.05, 0.1) is 0 Å². The van der Waals surface area contributed by atoms with Crippen molar-refractivity contribution in [2.24, 2.45) is 0 Å². The van der Waals surface area contributed by atoms with Gasteiger partial charge in [-0.15, -0.1) is 0 Å². The van der Waals surface area contributed by atoms with E-state index in [0.717, 1.165) is 27.8 Å². The van der Waals surface area contributed by atoms with Crippen LogP contribution in [0.25, 0.3) is 10.9 Å². The molecule has 0 saturated heterocycles. The maximum atomic E-state index is 11.9. The number of H-pyrrole nitrogens is 1. The van der Waals surface area contributed by atoms with E-state index in [1.54, 1.807) is 0 Å². The van der Waals surface area contributed by atoms with Crippen LogP contribution in [0.1, 0.15) is 5.56 Å². The summed E-state index contributed by atoms with van der Waals surface area (Å²) in [6.07, 6.45) is 1.88. The highest BCUT2D eigenvalue weighted by Crippen LogP contribution is 2.18. The molecule has 0 aliphatic heterocycles. The molecule has 0 unspecified atom stereocenters. The summed E-state index contributed by atoms with van der Waals surface area (Å²) >= 11 is 0. The van der Waals surface area contributed by atoms with E-state index in [-0.39, 0.29) is 6.03 Å². The van der Waals surface area contributed by atoms with Gasteiger partial charge >= 0.3 is 6.03 Å². The lowest BCUT2D eigenvalue weighted by molar-refractivity contribution is 0.262. The number of aromatic nitrogens is 1. The van der Waals surface area contributed by atoms with Crippen molar-refractivity contribution >= 4 is 28.3 Å². The molecule has 3 N–H and O–H groups in total. The lowest BCUT2D eigenvalue weighted by atomic mass is 10.2. The highest BCUT2D eigenvalue weighted by atomic mass is 16.2. The number of anilines is 2. The minimum Gasteiger partial charge on any atom is -0.361 e. The summed E-state index contributed by atoms with van der Waals surface area (Å²) in [5, 5.41) is 6.71. The number of fused-ring (bicyclic) bond motifs is 1. The molecule has 3 aromatic rings. The number of carbonyl (C=O) groups excluding carboxylic acids is 1. The fourth-order valence-electron chi connectivity index (χ4n) is 2.15. The van der Waals surface area contributed by atoms with Crippen LogP contribution < -0.4 is 10.6 Å². The molecule has 3 rings (SSSR count). The molecule has 0 bridgehead atoms. The summed E-state index contributed by atoms with van der Waals surface area (Å²) in [6.45, 7) is 1.99. The average molecular weight is 265 g/mol.